The van der Waals surface area contributed by atoms with Crippen LogP contribution >= 0.6 is 0 Å². The first-order valence-corrected chi connectivity index (χ1v) is 8.45. The molecule has 0 aliphatic carbocycles. The molecule has 150 valence electrons. The van der Waals surface area contributed by atoms with Crippen molar-refractivity contribution < 1.29 is 22.9 Å². The molecule has 0 unspecified atom stereocenters. The van der Waals surface area contributed by atoms with E-state index in [0.29, 0.717) is 11.1 Å². The Balaban J connectivity index is 2.11. The van der Waals surface area contributed by atoms with Crippen LogP contribution in [-0.2, 0) is 6.18 Å². The van der Waals surface area contributed by atoms with Crippen molar-refractivity contribution in [3.63, 3.8) is 0 Å². The van der Waals surface area contributed by atoms with Crippen LogP contribution in [0.5, 0.6) is 0 Å². The number of nitro benzene ring substituents is 1. The van der Waals surface area contributed by atoms with E-state index in [4.69, 9.17) is 0 Å². The Kier molecular flexibility index (Phi) is 6.27. The van der Waals surface area contributed by atoms with Crippen LogP contribution in [0, 0.1) is 10.1 Å². The van der Waals surface area contributed by atoms with Gasteiger partial charge in [-0.1, -0.05) is 24.3 Å². The van der Waals surface area contributed by atoms with E-state index in [1.54, 1.807) is 19.9 Å². The Bertz CT molecular complexity index is 871. The third kappa shape index (κ3) is 4.99. The number of benzene rings is 2. The number of carbonyl (C=O) groups excluding carboxylic acids is 1. The molecule has 2 amide bonds. The molecule has 0 spiro atoms. The van der Waals surface area contributed by atoms with Crippen LogP contribution in [0.4, 0.5) is 23.7 Å². The summed E-state index contributed by atoms with van der Waals surface area (Å²) in [5.74, 6) is 0. The predicted octanol–water partition coefficient (Wildman–Crippen LogP) is 5.08. The quantitative estimate of drug-likeness (QED) is 0.567. The first kappa shape index (κ1) is 21.2. The molecule has 6 nitrogen and oxygen atoms in total. The Hall–Kier alpha value is -3.10. The van der Waals surface area contributed by atoms with Crippen molar-refractivity contribution in [3.8, 4) is 0 Å². The summed E-state index contributed by atoms with van der Waals surface area (Å²) in [5, 5.41) is 13.6. The van der Waals surface area contributed by atoms with Crippen LogP contribution in [0.2, 0.25) is 0 Å². The van der Waals surface area contributed by atoms with Gasteiger partial charge in [-0.05, 0) is 37.1 Å². The minimum Gasteiger partial charge on any atom is -0.331 e. The molecule has 2 atom stereocenters. The third-order valence-electron chi connectivity index (χ3n) is 4.52. The number of halogens is 3. The monoisotopic (exact) mass is 395 g/mol. The molecular weight excluding hydrogens is 375 g/mol. The van der Waals surface area contributed by atoms with Crippen LogP contribution in [0.15, 0.2) is 48.5 Å². The normalized spacial score (nSPS) is 13.5. The molecule has 0 aliphatic rings. The summed E-state index contributed by atoms with van der Waals surface area (Å²) < 4.78 is 38.6. The van der Waals surface area contributed by atoms with E-state index in [9.17, 15) is 28.1 Å². The Labute approximate surface area is 160 Å². The Morgan fingerprint density at radius 3 is 2.32 bits per heavy atom. The zero-order valence-electron chi connectivity index (χ0n) is 15.5. The molecule has 0 heterocycles. The van der Waals surface area contributed by atoms with Gasteiger partial charge in [0.05, 0.1) is 22.6 Å². The maximum Gasteiger partial charge on any atom is 0.416 e. The lowest BCUT2D eigenvalue weighted by Gasteiger charge is -2.27. The molecule has 9 heteroatoms. The largest absolute Gasteiger partial charge is 0.416 e. The summed E-state index contributed by atoms with van der Waals surface area (Å²) in [6.07, 6.45) is -4.47. The molecule has 0 aromatic heterocycles. The van der Waals surface area contributed by atoms with Gasteiger partial charge in [-0.2, -0.15) is 13.2 Å². The van der Waals surface area contributed by atoms with Crippen LogP contribution in [0.3, 0.4) is 0 Å². The van der Waals surface area contributed by atoms with E-state index < -0.39 is 34.8 Å². The van der Waals surface area contributed by atoms with Gasteiger partial charge >= 0.3 is 12.2 Å². The van der Waals surface area contributed by atoms with E-state index in [1.165, 1.54) is 42.3 Å². The van der Waals surface area contributed by atoms with Crippen molar-refractivity contribution >= 4 is 11.7 Å². The standard InChI is InChI=1S/C19H20F3N3O3/c1-12(14-6-4-8-16(10-14)19(20,21)22)23-18(26)24(3)13(2)15-7-5-9-17(11-15)25(27)28/h4-13H,1-3H3,(H,23,26)/t12-,13-/m1/s1. The summed E-state index contributed by atoms with van der Waals surface area (Å²) >= 11 is 0. The fraction of sp³-hybridized carbons (Fsp3) is 0.316. The maximum absolute atomic E-state index is 12.9. The number of alkyl halides is 3. The van der Waals surface area contributed by atoms with Crippen LogP contribution in [0.1, 0.15) is 42.6 Å². The average Bonchev–Trinajstić information content (AvgIpc) is 2.66. The number of hydrogen-bond donors (Lipinski definition) is 1. The van der Waals surface area contributed by atoms with E-state index in [0.717, 1.165) is 12.1 Å². The zero-order valence-corrected chi connectivity index (χ0v) is 15.5. The number of urea groups is 1. The summed E-state index contributed by atoms with van der Waals surface area (Å²) in [4.78, 5) is 24.2. The Morgan fingerprint density at radius 1 is 1.11 bits per heavy atom. The van der Waals surface area contributed by atoms with Crippen LogP contribution < -0.4 is 5.32 Å². The zero-order chi connectivity index (χ0) is 21.1. The van der Waals surface area contributed by atoms with Crippen molar-refractivity contribution in [3.05, 3.63) is 75.3 Å². The van der Waals surface area contributed by atoms with Gasteiger partial charge in [0.1, 0.15) is 0 Å². The number of nitro groups is 1. The van der Waals surface area contributed by atoms with Crippen molar-refractivity contribution in [1.82, 2.24) is 10.2 Å². The molecule has 0 aliphatic heterocycles. The number of non-ortho nitro benzene ring substituents is 1. The second-order valence-corrected chi connectivity index (χ2v) is 6.43. The average molecular weight is 395 g/mol. The lowest BCUT2D eigenvalue weighted by Crippen LogP contribution is -2.40. The van der Waals surface area contributed by atoms with E-state index in [2.05, 4.69) is 5.32 Å². The third-order valence-corrected chi connectivity index (χ3v) is 4.52. The lowest BCUT2D eigenvalue weighted by molar-refractivity contribution is -0.384. The smallest absolute Gasteiger partial charge is 0.331 e. The number of nitrogens with one attached hydrogen (secondary N) is 1. The number of rotatable bonds is 5. The van der Waals surface area contributed by atoms with Gasteiger partial charge in [-0.15, -0.1) is 0 Å². The first-order valence-electron chi connectivity index (χ1n) is 8.45. The summed E-state index contributed by atoms with van der Waals surface area (Å²) in [6, 6.07) is 9.03. The first-order chi connectivity index (χ1) is 13.0. The number of carbonyl (C=O) groups is 1. The van der Waals surface area contributed by atoms with Gasteiger partial charge in [0.25, 0.3) is 5.69 Å². The van der Waals surface area contributed by atoms with Gasteiger partial charge in [-0.3, -0.25) is 10.1 Å². The second-order valence-electron chi connectivity index (χ2n) is 6.43. The molecule has 0 saturated carbocycles. The van der Waals surface area contributed by atoms with E-state index >= 15 is 0 Å². The SMILES string of the molecule is C[C@H](c1cccc([N+](=O)[O-])c1)N(C)C(=O)N[C@H](C)c1cccc(C(F)(F)F)c1. The van der Waals surface area contributed by atoms with E-state index in [1.807, 2.05) is 0 Å². The van der Waals surface area contributed by atoms with Gasteiger partial charge < -0.3 is 10.2 Å². The molecule has 2 aromatic rings. The maximum atomic E-state index is 12.9. The van der Waals surface area contributed by atoms with Crippen molar-refractivity contribution in [2.24, 2.45) is 0 Å². The fourth-order valence-electron chi connectivity index (χ4n) is 2.65. The minimum absolute atomic E-state index is 0.0875. The molecule has 28 heavy (non-hydrogen) atoms. The summed E-state index contributed by atoms with van der Waals surface area (Å²) in [5.41, 5.74) is 0.0121. The highest BCUT2D eigenvalue weighted by molar-refractivity contribution is 5.75. The number of amides is 2. The van der Waals surface area contributed by atoms with Crippen LogP contribution in [0.25, 0.3) is 0 Å². The summed E-state index contributed by atoms with van der Waals surface area (Å²) in [6.45, 7) is 3.28. The highest BCUT2D eigenvalue weighted by atomic mass is 19.4. The molecule has 1 N–H and O–H groups in total. The predicted molar refractivity (Wildman–Crippen MR) is 97.7 cm³/mol. The summed E-state index contributed by atoms with van der Waals surface area (Å²) in [7, 11) is 1.51. The van der Waals surface area contributed by atoms with Gasteiger partial charge in [-0.25, -0.2) is 4.79 Å². The molecule has 2 rings (SSSR count). The van der Waals surface area contributed by atoms with Crippen molar-refractivity contribution in [1.29, 1.82) is 0 Å². The van der Waals surface area contributed by atoms with Crippen molar-refractivity contribution in [2.45, 2.75) is 32.1 Å². The fourth-order valence-corrected chi connectivity index (χ4v) is 2.65. The highest BCUT2D eigenvalue weighted by Gasteiger charge is 2.31. The van der Waals surface area contributed by atoms with E-state index in [-0.39, 0.29) is 5.69 Å². The van der Waals surface area contributed by atoms with Crippen LogP contribution in [-0.4, -0.2) is 22.9 Å². The molecule has 0 bridgehead atoms. The molecule has 0 radical (unpaired) electrons. The second kappa shape index (κ2) is 8.28. The Morgan fingerprint density at radius 2 is 1.71 bits per heavy atom. The number of nitrogens with zero attached hydrogens (tertiary/aromatic N) is 2. The van der Waals surface area contributed by atoms with Gasteiger partial charge in [0.2, 0.25) is 0 Å². The number of hydrogen-bond acceptors (Lipinski definition) is 3. The van der Waals surface area contributed by atoms with Crippen molar-refractivity contribution in [2.75, 3.05) is 7.05 Å². The molecule has 2 aromatic carbocycles. The van der Waals surface area contributed by atoms with Gasteiger partial charge in [0.15, 0.2) is 0 Å². The molecule has 0 saturated heterocycles. The topological polar surface area (TPSA) is 75.5 Å². The minimum atomic E-state index is -4.47. The molecular formula is C19H20F3N3O3. The van der Waals surface area contributed by atoms with Gasteiger partial charge in [0, 0.05) is 19.2 Å². The highest BCUT2D eigenvalue weighted by Crippen LogP contribution is 2.31. The molecule has 0 fully saturated rings. The lowest BCUT2D eigenvalue weighted by atomic mass is 10.0.